The van der Waals surface area contributed by atoms with Gasteiger partial charge in [-0.05, 0) is 38.0 Å². The minimum Gasteiger partial charge on any atom is -0.476 e. The van der Waals surface area contributed by atoms with E-state index in [2.05, 4.69) is 15.9 Å². The molecule has 0 fully saturated rings. The van der Waals surface area contributed by atoms with Crippen LogP contribution < -0.4 is 9.64 Å². The normalized spacial score (nSPS) is 21.6. The number of amides is 1. The van der Waals surface area contributed by atoms with Gasteiger partial charge < -0.3 is 14.4 Å². The van der Waals surface area contributed by atoms with Crippen LogP contribution in [0, 0.1) is 0 Å². The Kier molecular flexibility index (Phi) is 4.70. The molecule has 110 valence electrons. The molecule has 5 heteroatoms. The Labute approximate surface area is 128 Å². The van der Waals surface area contributed by atoms with Gasteiger partial charge >= 0.3 is 0 Å². The molecule has 1 aromatic rings. The molecule has 1 unspecified atom stereocenters. The van der Waals surface area contributed by atoms with E-state index in [1.165, 1.54) is 0 Å². The molecule has 0 spiro atoms. The number of hydrogen-bond donors (Lipinski definition) is 0. The van der Waals surface area contributed by atoms with Crippen LogP contribution in [0.15, 0.2) is 22.7 Å². The van der Waals surface area contributed by atoms with Crippen molar-refractivity contribution in [2.24, 2.45) is 0 Å². The zero-order valence-corrected chi connectivity index (χ0v) is 13.7. The first-order valence-corrected chi connectivity index (χ1v) is 7.60. The van der Waals surface area contributed by atoms with E-state index in [1.54, 1.807) is 7.11 Å². The molecule has 2 rings (SSSR count). The van der Waals surface area contributed by atoms with Crippen LogP contribution in [-0.4, -0.2) is 31.8 Å². The number of carbonyl (C=O) groups excluding carboxylic acids is 1. The van der Waals surface area contributed by atoms with Crippen molar-refractivity contribution in [3.05, 3.63) is 22.7 Å². The summed E-state index contributed by atoms with van der Waals surface area (Å²) in [5.74, 6) is 0.774. The zero-order chi connectivity index (χ0) is 14.8. The molecule has 0 aromatic heterocycles. The molecule has 0 N–H and O–H groups in total. The lowest BCUT2D eigenvalue weighted by atomic mass is 9.98. The Morgan fingerprint density at radius 1 is 1.45 bits per heavy atom. The molecule has 4 nitrogen and oxygen atoms in total. The van der Waals surface area contributed by atoms with Crippen molar-refractivity contribution in [2.45, 2.75) is 32.3 Å². The average Bonchev–Trinajstić information content (AvgIpc) is 2.44. The van der Waals surface area contributed by atoms with Gasteiger partial charge in [0.2, 0.25) is 0 Å². The fraction of sp³-hybridized carbons (Fsp3) is 0.533. The van der Waals surface area contributed by atoms with Crippen molar-refractivity contribution in [3.8, 4) is 5.75 Å². The Morgan fingerprint density at radius 2 is 2.20 bits per heavy atom. The predicted molar refractivity (Wildman–Crippen MR) is 82.3 cm³/mol. The highest BCUT2D eigenvalue weighted by Crippen LogP contribution is 2.40. The van der Waals surface area contributed by atoms with Gasteiger partial charge in [-0.25, -0.2) is 0 Å². The number of hydrogen-bond acceptors (Lipinski definition) is 3. The third-order valence-corrected chi connectivity index (χ3v) is 4.14. The van der Waals surface area contributed by atoms with E-state index in [0.717, 1.165) is 22.3 Å². The molecule has 0 aliphatic carbocycles. The lowest BCUT2D eigenvalue weighted by molar-refractivity contribution is -0.134. The molecule has 1 aromatic carbocycles. The summed E-state index contributed by atoms with van der Waals surface area (Å²) >= 11 is 3.45. The number of rotatable bonds is 5. The van der Waals surface area contributed by atoms with Crippen LogP contribution in [0.25, 0.3) is 0 Å². The van der Waals surface area contributed by atoms with Crippen LogP contribution in [0.5, 0.6) is 5.75 Å². The second kappa shape index (κ2) is 6.14. The standard InChI is InChI=1S/C15H20BrNO3/c1-4-15(2)14(18)17(8-5-9-19-3)12-10-11(16)6-7-13(12)20-15/h6-7,10H,4-5,8-9H2,1-3H3. The molecule has 1 atom stereocenters. The molecule has 0 saturated carbocycles. The summed E-state index contributed by atoms with van der Waals surface area (Å²) in [6, 6.07) is 5.76. The maximum absolute atomic E-state index is 12.7. The number of fused-ring (bicyclic) bond motifs is 1. The van der Waals surface area contributed by atoms with Crippen molar-refractivity contribution in [1.82, 2.24) is 0 Å². The summed E-state index contributed by atoms with van der Waals surface area (Å²) in [7, 11) is 1.67. The maximum Gasteiger partial charge on any atom is 0.270 e. The van der Waals surface area contributed by atoms with Crippen LogP contribution in [0.3, 0.4) is 0 Å². The molecule has 0 saturated heterocycles. The van der Waals surface area contributed by atoms with Crippen LogP contribution >= 0.6 is 15.9 Å². The average molecular weight is 342 g/mol. The molecule has 0 bridgehead atoms. The second-order valence-corrected chi connectivity index (χ2v) is 6.02. The van der Waals surface area contributed by atoms with Gasteiger partial charge in [-0.15, -0.1) is 0 Å². The second-order valence-electron chi connectivity index (χ2n) is 5.10. The van der Waals surface area contributed by atoms with Crippen molar-refractivity contribution in [2.75, 3.05) is 25.2 Å². The fourth-order valence-electron chi connectivity index (χ4n) is 2.28. The molecule has 1 amide bonds. The lowest BCUT2D eigenvalue weighted by Crippen LogP contribution is -2.54. The summed E-state index contributed by atoms with van der Waals surface area (Å²) in [6.07, 6.45) is 1.44. The Morgan fingerprint density at radius 3 is 2.85 bits per heavy atom. The van der Waals surface area contributed by atoms with Crippen molar-refractivity contribution in [1.29, 1.82) is 0 Å². The third kappa shape index (κ3) is 2.83. The molecule has 20 heavy (non-hydrogen) atoms. The smallest absolute Gasteiger partial charge is 0.270 e. The van der Waals surface area contributed by atoms with Crippen molar-refractivity contribution in [3.63, 3.8) is 0 Å². The van der Waals surface area contributed by atoms with E-state index in [9.17, 15) is 4.79 Å². The summed E-state index contributed by atoms with van der Waals surface area (Å²) < 4.78 is 11.9. The van der Waals surface area contributed by atoms with E-state index in [1.807, 2.05) is 36.9 Å². The highest BCUT2D eigenvalue weighted by atomic mass is 79.9. The molecular formula is C15H20BrNO3. The minimum atomic E-state index is -0.784. The van der Waals surface area contributed by atoms with Gasteiger partial charge in [0.1, 0.15) is 5.75 Å². The summed E-state index contributed by atoms with van der Waals surface area (Å²) in [4.78, 5) is 14.5. The van der Waals surface area contributed by atoms with Gasteiger partial charge in [0.15, 0.2) is 5.60 Å². The van der Waals surface area contributed by atoms with E-state index in [-0.39, 0.29) is 5.91 Å². The molecule has 1 heterocycles. The molecule has 1 aliphatic rings. The van der Waals surface area contributed by atoms with Gasteiger partial charge in [0.25, 0.3) is 5.91 Å². The lowest BCUT2D eigenvalue weighted by Gasteiger charge is -2.40. The van der Waals surface area contributed by atoms with Gasteiger partial charge in [-0.3, -0.25) is 4.79 Å². The summed E-state index contributed by atoms with van der Waals surface area (Å²) in [6.45, 7) is 5.09. The quantitative estimate of drug-likeness (QED) is 0.770. The predicted octanol–water partition coefficient (Wildman–Crippen LogP) is 3.38. The van der Waals surface area contributed by atoms with Gasteiger partial charge in [-0.1, -0.05) is 22.9 Å². The Balaban J connectivity index is 2.36. The van der Waals surface area contributed by atoms with Crippen LogP contribution in [0.1, 0.15) is 26.7 Å². The first-order chi connectivity index (χ1) is 9.51. The number of anilines is 1. The number of benzene rings is 1. The SMILES string of the molecule is CCC1(C)Oc2ccc(Br)cc2N(CCCOC)C1=O. The number of carbonyl (C=O) groups is 1. The van der Waals surface area contributed by atoms with Gasteiger partial charge in [0.05, 0.1) is 5.69 Å². The van der Waals surface area contributed by atoms with Crippen LogP contribution in [0.2, 0.25) is 0 Å². The molecule has 1 aliphatic heterocycles. The third-order valence-electron chi connectivity index (χ3n) is 3.65. The van der Waals surface area contributed by atoms with E-state index >= 15 is 0 Å². The van der Waals surface area contributed by atoms with Crippen molar-refractivity contribution >= 4 is 27.5 Å². The highest BCUT2D eigenvalue weighted by molar-refractivity contribution is 9.10. The molecule has 0 radical (unpaired) electrons. The molecular weight excluding hydrogens is 322 g/mol. The van der Waals surface area contributed by atoms with Crippen LogP contribution in [0.4, 0.5) is 5.69 Å². The van der Waals surface area contributed by atoms with Gasteiger partial charge in [-0.2, -0.15) is 0 Å². The minimum absolute atomic E-state index is 0.0155. The highest BCUT2D eigenvalue weighted by Gasteiger charge is 2.43. The number of ether oxygens (including phenoxy) is 2. The van der Waals surface area contributed by atoms with Crippen molar-refractivity contribution < 1.29 is 14.3 Å². The number of methoxy groups -OCH3 is 1. The van der Waals surface area contributed by atoms with E-state index in [4.69, 9.17) is 9.47 Å². The fourth-order valence-corrected chi connectivity index (χ4v) is 2.63. The number of nitrogens with zero attached hydrogens (tertiary/aromatic N) is 1. The Hall–Kier alpha value is -1.07. The topological polar surface area (TPSA) is 38.8 Å². The number of halogens is 1. The van der Waals surface area contributed by atoms with E-state index in [0.29, 0.717) is 19.6 Å². The largest absolute Gasteiger partial charge is 0.476 e. The monoisotopic (exact) mass is 341 g/mol. The van der Waals surface area contributed by atoms with Gasteiger partial charge in [0, 0.05) is 24.7 Å². The van der Waals surface area contributed by atoms with E-state index < -0.39 is 5.60 Å². The summed E-state index contributed by atoms with van der Waals surface area (Å²) in [5, 5.41) is 0. The first-order valence-electron chi connectivity index (χ1n) is 6.81. The maximum atomic E-state index is 12.7. The zero-order valence-electron chi connectivity index (χ0n) is 12.1. The first kappa shape index (κ1) is 15.3. The summed E-state index contributed by atoms with van der Waals surface area (Å²) in [5.41, 5.74) is 0.0415. The Bertz CT molecular complexity index is 506. The van der Waals surface area contributed by atoms with Crippen LogP contribution in [-0.2, 0) is 9.53 Å².